The van der Waals surface area contributed by atoms with Crippen molar-refractivity contribution >= 4 is 35.2 Å². The molecule has 1 aromatic rings. The maximum atomic E-state index is 11.7. The van der Waals surface area contributed by atoms with Crippen LogP contribution in [0.5, 0.6) is 11.5 Å². The van der Waals surface area contributed by atoms with Crippen molar-refractivity contribution in [2.45, 2.75) is 0 Å². The SMILES string of the molecule is COc1cc(C=O)ccc1OC(=O)C=C1SC(=O)NC1=O. The zero-order valence-corrected chi connectivity index (χ0v) is 11.6. The van der Waals surface area contributed by atoms with Gasteiger partial charge in [0.25, 0.3) is 11.1 Å². The Bertz CT molecular complexity index is 667. The fourth-order valence-corrected chi connectivity index (χ4v) is 2.15. The monoisotopic (exact) mass is 307 g/mol. The highest BCUT2D eigenvalue weighted by atomic mass is 32.2. The van der Waals surface area contributed by atoms with E-state index in [1.807, 2.05) is 5.32 Å². The van der Waals surface area contributed by atoms with Crippen LogP contribution in [0, 0.1) is 0 Å². The molecule has 1 fully saturated rings. The number of hydrogen-bond acceptors (Lipinski definition) is 7. The minimum atomic E-state index is -0.834. The highest BCUT2D eigenvalue weighted by Gasteiger charge is 2.26. The fraction of sp³-hybridized carbons (Fsp3) is 0.0769. The van der Waals surface area contributed by atoms with Crippen LogP contribution in [0.2, 0.25) is 0 Å². The lowest BCUT2D eigenvalue weighted by molar-refractivity contribution is -0.129. The maximum Gasteiger partial charge on any atom is 0.337 e. The van der Waals surface area contributed by atoms with E-state index in [4.69, 9.17) is 9.47 Å². The van der Waals surface area contributed by atoms with Gasteiger partial charge in [0.1, 0.15) is 6.29 Å². The van der Waals surface area contributed by atoms with Crippen molar-refractivity contribution in [2.75, 3.05) is 7.11 Å². The Labute approximate surface area is 123 Å². The summed E-state index contributed by atoms with van der Waals surface area (Å²) in [4.78, 5) is 44.6. The number of methoxy groups -OCH3 is 1. The predicted octanol–water partition coefficient (Wildman–Crippen LogP) is 1.28. The zero-order valence-electron chi connectivity index (χ0n) is 10.7. The Morgan fingerprint density at radius 2 is 2.05 bits per heavy atom. The van der Waals surface area contributed by atoms with Gasteiger partial charge in [0.15, 0.2) is 11.5 Å². The van der Waals surface area contributed by atoms with E-state index in [2.05, 4.69) is 0 Å². The van der Waals surface area contributed by atoms with Gasteiger partial charge in [-0.05, 0) is 30.0 Å². The van der Waals surface area contributed by atoms with Crippen molar-refractivity contribution < 1.29 is 28.7 Å². The maximum absolute atomic E-state index is 11.7. The number of amides is 2. The normalized spacial score (nSPS) is 15.8. The molecule has 1 aliphatic rings. The van der Waals surface area contributed by atoms with Crippen molar-refractivity contribution in [2.24, 2.45) is 0 Å². The van der Waals surface area contributed by atoms with Crippen LogP contribution in [-0.4, -0.2) is 30.5 Å². The van der Waals surface area contributed by atoms with Crippen molar-refractivity contribution in [1.82, 2.24) is 5.32 Å². The third kappa shape index (κ3) is 3.48. The topological polar surface area (TPSA) is 98.8 Å². The molecular formula is C13H9NO6S. The van der Waals surface area contributed by atoms with Gasteiger partial charge in [-0.3, -0.25) is 19.7 Å². The van der Waals surface area contributed by atoms with Crippen LogP contribution < -0.4 is 14.8 Å². The first kappa shape index (κ1) is 14.8. The highest BCUT2D eigenvalue weighted by Crippen LogP contribution is 2.28. The summed E-state index contributed by atoms with van der Waals surface area (Å²) < 4.78 is 10.0. The number of carbonyl (C=O) groups excluding carboxylic acids is 4. The molecule has 0 atom stereocenters. The molecule has 108 valence electrons. The summed E-state index contributed by atoms with van der Waals surface area (Å²) in [5.41, 5.74) is 0.362. The van der Waals surface area contributed by atoms with Gasteiger partial charge >= 0.3 is 5.97 Å². The van der Waals surface area contributed by atoms with Gasteiger partial charge in [0.05, 0.1) is 12.0 Å². The Kier molecular flexibility index (Phi) is 4.39. The van der Waals surface area contributed by atoms with Crippen LogP contribution in [0.3, 0.4) is 0 Å². The molecule has 21 heavy (non-hydrogen) atoms. The van der Waals surface area contributed by atoms with Crippen molar-refractivity contribution in [3.8, 4) is 11.5 Å². The Morgan fingerprint density at radius 3 is 2.62 bits per heavy atom. The largest absolute Gasteiger partial charge is 0.493 e. The summed E-state index contributed by atoms with van der Waals surface area (Å²) in [5.74, 6) is -1.18. The molecule has 1 N–H and O–H groups in total. The molecular weight excluding hydrogens is 298 g/mol. The average Bonchev–Trinajstić information content (AvgIpc) is 2.77. The third-order valence-corrected chi connectivity index (χ3v) is 3.24. The van der Waals surface area contributed by atoms with Crippen LogP contribution in [0.1, 0.15) is 10.4 Å². The number of ether oxygens (including phenoxy) is 2. The lowest BCUT2D eigenvalue weighted by Gasteiger charge is -2.08. The fourth-order valence-electron chi connectivity index (χ4n) is 1.51. The summed E-state index contributed by atoms with van der Waals surface area (Å²) in [6, 6.07) is 4.25. The van der Waals surface area contributed by atoms with Gasteiger partial charge < -0.3 is 9.47 Å². The Hall–Kier alpha value is -2.61. The Balaban J connectivity index is 2.16. The Morgan fingerprint density at radius 1 is 1.29 bits per heavy atom. The van der Waals surface area contributed by atoms with E-state index in [9.17, 15) is 19.2 Å². The number of benzene rings is 1. The van der Waals surface area contributed by atoms with Gasteiger partial charge in [-0.25, -0.2) is 4.79 Å². The number of carbonyl (C=O) groups is 4. The van der Waals surface area contributed by atoms with Crippen molar-refractivity contribution in [3.05, 3.63) is 34.7 Å². The second-order valence-electron chi connectivity index (χ2n) is 3.80. The lowest BCUT2D eigenvalue weighted by Crippen LogP contribution is -2.18. The van der Waals surface area contributed by atoms with Crippen molar-refractivity contribution in [1.29, 1.82) is 0 Å². The molecule has 1 heterocycles. The van der Waals surface area contributed by atoms with Gasteiger partial charge in [0, 0.05) is 11.6 Å². The number of rotatable bonds is 4. The molecule has 0 saturated carbocycles. The number of imide groups is 1. The molecule has 0 unspecified atom stereocenters. The summed E-state index contributed by atoms with van der Waals surface area (Å²) in [5, 5.41) is 1.47. The van der Waals surface area contributed by atoms with Crippen LogP contribution in [0.15, 0.2) is 29.2 Å². The predicted molar refractivity (Wildman–Crippen MR) is 73.2 cm³/mol. The second-order valence-corrected chi connectivity index (χ2v) is 4.82. The van der Waals surface area contributed by atoms with Crippen molar-refractivity contribution in [3.63, 3.8) is 0 Å². The minimum absolute atomic E-state index is 0.0477. The number of esters is 1. The van der Waals surface area contributed by atoms with Crippen LogP contribution in [0.25, 0.3) is 0 Å². The lowest BCUT2D eigenvalue weighted by atomic mass is 10.2. The van der Waals surface area contributed by atoms with Gasteiger partial charge in [-0.2, -0.15) is 0 Å². The number of thioether (sulfide) groups is 1. The van der Waals surface area contributed by atoms with E-state index < -0.39 is 17.1 Å². The quantitative estimate of drug-likeness (QED) is 0.387. The summed E-state index contributed by atoms with van der Waals surface area (Å²) in [6.07, 6.45) is 1.54. The molecule has 0 spiro atoms. The zero-order chi connectivity index (χ0) is 15.4. The molecule has 1 aliphatic heterocycles. The first-order valence-corrected chi connectivity index (χ1v) is 6.45. The van der Waals surface area contributed by atoms with Crippen LogP contribution in [-0.2, 0) is 9.59 Å². The standard InChI is InChI=1S/C13H9NO6S/c1-19-9-4-7(6-15)2-3-8(9)20-11(16)5-10-12(17)14-13(18)21-10/h2-6H,1H3,(H,14,17,18). The molecule has 7 nitrogen and oxygen atoms in total. The number of hydrogen-bond donors (Lipinski definition) is 1. The first-order chi connectivity index (χ1) is 10.0. The van der Waals surface area contributed by atoms with E-state index in [-0.39, 0.29) is 16.4 Å². The summed E-state index contributed by atoms with van der Waals surface area (Å²) >= 11 is 0.612. The van der Waals surface area contributed by atoms with E-state index in [1.54, 1.807) is 0 Å². The van der Waals surface area contributed by atoms with Crippen LogP contribution >= 0.6 is 11.8 Å². The summed E-state index contributed by atoms with van der Waals surface area (Å²) in [7, 11) is 1.36. The minimum Gasteiger partial charge on any atom is -0.493 e. The molecule has 2 rings (SSSR count). The molecule has 0 bridgehead atoms. The molecule has 1 aromatic carbocycles. The van der Waals surface area contributed by atoms with Gasteiger partial charge in [-0.1, -0.05) is 0 Å². The second kappa shape index (κ2) is 6.23. The average molecular weight is 307 g/mol. The van der Waals surface area contributed by atoms with E-state index in [0.717, 1.165) is 6.08 Å². The molecule has 8 heteroatoms. The number of aldehydes is 1. The molecule has 0 aromatic heterocycles. The van der Waals surface area contributed by atoms with E-state index in [1.165, 1.54) is 25.3 Å². The molecule has 2 amide bonds. The number of nitrogens with one attached hydrogen (secondary N) is 1. The smallest absolute Gasteiger partial charge is 0.337 e. The molecule has 0 aliphatic carbocycles. The van der Waals surface area contributed by atoms with Gasteiger partial charge in [0.2, 0.25) is 0 Å². The van der Waals surface area contributed by atoms with E-state index >= 15 is 0 Å². The molecule has 1 saturated heterocycles. The first-order valence-electron chi connectivity index (χ1n) is 5.63. The van der Waals surface area contributed by atoms with Gasteiger partial charge in [-0.15, -0.1) is 0 Å². The highest BCUT2D eigenvalue weighted by molar-refractivity contribution is 8.18. The van der Waals surface area contributed by atoms with Crippen LogP contribution in [0.4, 0.5) is 4.79 Å². The van der Waals surface area contributed by atoms with E-state index in [0.29, 0.717) is 23.6 Å². The summed E-state index contributed by atoms with van der Waals surface area (Å²) in [6.45, 7) is 0. The molecule has 0 radical (unpaired) electrons. The third-order valence-electron chi connectivity index (χ3n) is 2.43.